The summed E-state index contributed by atoms with van der Waals surface area (Å²) in [5.41, 5.74) is 3.85. The molecule has 0 spiro atoms. The molecule has 2 heterocycles. The Hall–Kier alpha value is -2.42. The molecule has 4 rings (SSSR count). The summed E-state index contributed by atoms with van der Waals surface area (Å²) in [6, 6.07) is 12.7. The van der Waals surface area contributed by atoms with Crippen LogP contribution >= 0.6 is 0 Å². The topological polar surface area (TPSA) is 65.1 Å². The predicted molar refractivity (Wildman–Crippen MR) is 152 cm³/mol. The van der Waals surface area contributed by atoms with Gasteiger partial charge in [0.2, 0.25) is 5.91 Å². The fourth-order valence-corrected chi connectivity index (χ4v) is 6.79. The Bertz CT molecular complexity index is 1050. The van der Waals surface area contributed by atoms with Gasteiger partial charge in [-0.05, 0) is 100 Å². The molecule has 2 aliphatic heterocycles. The molecule has 0 saturated carbocycles. The minimum Gasteiger partial charge on any atom is -0.497 e. The smallest absolute Gasteiger partial charge is 0.225 e. The van der Waals surface area contributed by atoms with E-state index in [0.717, 1.165) is 46.6 Å². The third-order valence-electron chi connectivity index (χ3n) is 7.67. The number of hydrogen-bond donors (Lipinski definition) is 1. The maximum atomic E-state index is 13.1. The van der Waals surface area contributed by atoms with Crippen LogP contribution in [0.2, 0.25) is 0 Å². The molecule has 0 bridgehead atoms. The average molecular weight is 527 g/mol. The van der Waals surface area contributed by atoms with E-state index in [-0.39, 0.29) is 12.3 Å². The molecule has 7 nitrogen and oxygen atoms in total. The van der Waals surface area contributed by atoms with E-state index >= 15 is 0 Å². The lowest BCUT2D eigenvalue weighted by molar-refractivity contribution is -0.116. The number of anilines is 2. The first-order valence-corrected chi connectivity index (χ1v) is 14.6. The van der Waals surface area contributed by atoms with E-state index in [0.29, 0.717) is 6.54 Å². The lowest BCUT2D eigenvalue weighted by Crippen LogP contribution is -2.46. The Kier molecular flexibility index (Phi) is 9.62. The molecule has 2 fully saturated rings. The molecule has 202 valence electrons. The van der Waals surface area contributed by atoms with Crippen molar-refractivity contribution in [3.05, 3.63) is 47.5 Å². The number of nitrogens with zero attached hydrogens (tertiary/aromatic N) is 3. The number of hydrogen-bond acceptors (Lipinski definition) is 5. The summed E-state index contributed by atoms with van der Waals surface area (Å²) in [5, 5.41) is 2.99. The van der Waals surface area contributed by atoms with Gasteiger partial charge in [-0.15, -0.1) is 0 Å². The average Bonchev–Trinajstić information content (AvgIpc) is 2.92. The number of ether oxygens (including phenoxy) is 1. The molecule has 0 aliphatic carbocycles. The number of benzene rings is 2. The highest BCUT2D eigenvalue weighted by atomic mass is 32.2. The fourth-order valence-electron chi connectivity index (χ4n) is 5.55. The minimum absolute atomic E-state index is 0.0814. The Morgan fingerprint density at radius 3 is 2.24 bits per heavy atom. The van der Waals surface area contributed by atoms with Crippen LogP contribution in [0.1, 0.15) is 49.7 Å². The van der Waals surface area contributed by atoms with E-state index in [4.69, 9.17) is 4.74 Å². The lowest BCUT2D eigenvalue weighted by Gasteiger charge is -2.41. The fraction of sp³-hybridized carbons (Fsp3) is 0.552. The number of piperidine rings is 2. The maximum Gasteiger partial charge on any atom is 0.225 e. The first kappa shape index (κ1) is 27.6. The number of amides is 1. The zero-order valence-corrected chi connectivity index (χ0v) is 23.6. The third-order valence-corrected chi connectivity index (χ3v) is 9.41. The molecule has 1 N–H and O–H groups in total. The van der Waals surface area contributed by atoms with Crippen LogP contribution in [0.5, 0.6) is 5.75 Å². The van der Waals surface area contributed by atoms with Crippen LogP contribution in [-0.4, -0.2) is 72.2 Å². The standard InChI is InChI=1S/C29H42N4O3S/c1-22-20-27(36-4)21-23(2)29(22)37(35)31(3)17-14-28(34)30-24-8-10-25(11-9-24)33-18-12-26(13-19-33)32-15-6-5-7-16-32/h8-11,20-21,26H,5-7,12-19H2,1-4H3,(H,30,34). The van der Waals surface area contributed by atoms with Crippen molar-refractivity contribution >= 4 is 28.3 Å². The van der Waals surface area contributed by atoms with Gasteiger partial charge in [0.25, 0.3) is 0 Å². The normalized spacial score (nSPS) is 18.1. The van der Waals surface area contributed by atoms with Crippen molar-refractivity contribution in [1.82, 2.24) is 9.21 Å². The monoisotopic (exact) mass is 526 g/mol. The summed E-state index contributed by atoms with van der Waals surface area (Å²) in [6.07, 6.45) is 6.80. The van der Waals surface area contributed by atoms with Crippen molar-refractivity contribution in [2.45, 2.75) is 63.3 Å². The zero-order valence-electron chi connectivity index (χ0n) is 22.8. The van der Waals surface area contributed by atoms with Crippen molar-refractivity contribution in [3.8, 4) is 5.75 Å². The second-order valence-electron chi connectivity index (χ2n) is 10.4. The molecular formula is C29H42N4O3S. The maximum absolute atomic E-state index is 13.1. The van der Waals surface area contributed by atoms with Gasteiger partial charge in [-0.2, -0.15) is 0 Å². The van der Waals surface area contributed by atoms with E-state index < -0.39 is 11.0 Å². The Labute approximate surface area is 224 Å². The summed E-state index contributed by atoms with van der Waals surface area (Å²) >= 11 is 0. The predicted octanol–water partition coefficient (Wildman–Crippen LogP) is 4.75. The molecule has 0 radical (unpaired) electrons. The van der Waals surface area contributed by atoms with E-state index in [1.54, 1.807) is 18.5 Å². The molecule has 37 heavy (non-hydrogen) atoms. The quantitative estimate of drug-likeness (QED) is 0.511. The van der Waals surface area contributed by atoms with Gasteiger partial charge in [0, 0.05) is 50.5 Å². The van der Waals surface area contributed by atoms with E-state index in [2.05, 4.69) is 27.2 Å². The van der Waals surface area contributed by atoms with Gasteiger partial charge >= 0.3 is 0 Å². The van der Waals surface area contributed by atoms with Crippen LogP contribution in [0.15, 0.2) is 41.3 Å². The number of aryl methyl sites for hydroxylation is 2. The van der Waals surface area contributed by atoms with Crippen LogP contribution in [0.3, 0.4) is 0 Å². The van der Waals surface area contributed by atoms with E-state index in [1.807, 2.05) is 38.1 Å². The number of rotatable bonds is 9. The second-order valence-corrected chi connectivity index (χ2v) is 11.9. The van der Waals surface area contributed by atoms with Crippen molar-refractivity contribution in [2.75, 3.05) is 57.1 Å². The molecule has 8 heteroatoms. The molecule has 1 atom stereocenters. The molecule has 1 unspecified atom stereocenters. The molecule has 1 amide bonds. The minimum atomic E-state index is -1.35. The van der Waals surface area contributed by atoms with Crippen LogP contribution in [-0.2, 0) is 15.8 Å². The van der Waals surface area contributed by atoms with Crippen molar-refractivity contribution in [2.24, 2.45) is 0 Å². The first-order chi connectivity index (χ1) is 17.9. The van der Waals surface area contributed by atoms with Gasteiger partial charge in [-0.25, -0.2) is 8.51 Å². The van der Waals surface area contributed by atoms with Gasteiger partial charge in [-0.1, -0.05) is 6.42 Å². The van der Waals surface area contributed by atoms with Crippen LogP contribution in [0.25, 0.3) is 0 Å². The van der Waals surface area contributed by atoms with Gasteiger partial charge < -0.3 is 19.9 Å². The summed E-state index contributed by atoms with van der Waals surface area (Å²) in [5.74, 6) is 0.674. The lowest BCUT2D eigenvalue weighted by atomic mass is 9.99. The molecule has 2 aliphatic rings. The highest BCUT2D eigenvalue weighted by Crippen LogP contribution is 2.27. The van der Waals surface area contributed by atoms with Crippen LogP contribution < -0.4 is 15.0 Å². The number of nitrogens with one attached hydrogen (secondary N) is 1. The molecule has 2 saturated heterocycles. The highest BCUT2D eigenvalue weighted by Gasteiger charge is 2.25. The van der Waals surface area contributed by atoms with Gasteiger partial charge in [0.1, 0.15) is 16.7 Å². The highest BCUT2D eigenvalue weighted by molar-refractivity contribution is 7.82. The number of carbonyl (C=O) groups excluding carboxylic acids is 1. The SMILES string of the molecule is COc1cc(C)c(S(=O)N(C)CCC(=O)Nc2ccc(N3CCC(N4CCCCC4)CC3)cc2)c(C)c1. The van der Waals surface area contributed by atoms with Gasteiger partial charge in [-0.3, -0.25) is 4.79 Å². The van der Waals surface area contributed by atoms with E-state index in [9.17, 15) is 9.00 Å². The summed E-state index contributed by atoms with van der Waals surface area (Å²) < 4.78 is 20.1. The first-order valence-electron chi connectivity index (χ1n) is 13.5. The Morgan fingerprint density at radius 2 is 1.65 bits per heavy atom. The van der Waals surface area contributed by atoms with Gasteiger partial charge in [0.15, 0.2) is 0 Å². The van der Waals surface area contributed by atoms with Crippen LogP contribution in [0.4, 0.5) is 11.4 Å². The number of carbonyl (C=O) groups is 1. The summed E-state index contributed by atoms with van der Waals surface area (Å²) in [6.45, 7) is 8.98. The molecule has 2 aromatic carbocycles. The number of methoxy groups -OCH3 is 1. The van der Waals surface area contributed by atoms with Crippen molar-refractivity contribution in [3.63, 3.8) is 0 Å². The van der Waals surface area contributed by atoms with Gasteiger partial charge in [0.05, 0.1) is 12.0 Å². The molecule has 0 aromatic heterocycles. The molecular weight excluding hydrogens is 484 g/mol. The molecule has 2 aromatic rings. The Balaban J connectivity index is 1.23. The third kappa shape index (κ3) is 7.12. The van der Waals surface area contributed by atoms with Crippen LogP contribution in [0, 0.1) is 13.8 Å². The van der Waals surface area contributed by atoms with Crippen molar-refractivity contribution < 1.29 is 13.7 Å². The van der Waals surface area contributed by atoms with E-state index in [1.165, 1.54) is 50.9 Å². The zero-order chi connectivity index (χ0) is 26.4. The second kappa shape index (κ2) is 12.9. The Morgan fingerprint density at radius 1 is 1.03 bits per heavy atom. The summed E-state index contributed by atoms with van der Waals surface area (Å²) in [4.78, 5) is 18.5. The van der Waals surface area contributed by atoms with Crippen molar-refractivity contribution in [1.29, 1.82) is 0 Å². The summed E-state index contributed by atoms with van der Waals surface area (Å²) in [7, 11) is 2.07. The number of likely N-dealkylation sites (tertiary alicyclic amines) is 1. The largest absolute Gasteiger partial charge is 0.497 e.